The molecule has 0 saturated carbocycles. The molecule has 0 atom stereocenters. The predicted molar refractivity (Wildman–Crippen MR) is 69.9 cm³/mol. The third-order valence-corrected chi connectivity index (χ3v) is 2.74. The fourth-order valence-corrected chi connectivity index (χ4v) is 1.73. The van der Waals surface area contributed by atoms with E-state index in [-0.39, 0.29) is 5.91 Å². The van der Waals surface area contributed by atoms with Crippen LogP contribution in [0, 0.1) is 0 Å². The van der Waals surface area contributed by atoms with Gasteiger partial charge in [-0.3, -0.25) is 9.48 Å². The lowest BCUT2D eigenvalue weighted by molar-refractivity contribution is 0.0779. The van der Waals surface area contributed by atoms with E-state index in [2.05, 4.69) is 5.10 Å². The molecule has 0 spiro atoms. The van der Waals surface area contributed by atoms with Crippen LogP contribution < -0.4 is 5.73 Å². The second kappa shape index (κ2) is 4.91. The molecule has 1 aromatic carbocycles. The van der Waals surface area contributed by atoms with Crippen molar-refractivity contribution in [1.29, 1.82) is 0 Å². The summed E-state index contributed by atoms with van der Waals surface area (Å²) in [6, 6.07) is 9.23. The summed E-state index contributed by atoms with van der Waals surface area (Å²) >= 11 is 0. The van der Waals surface area contributed by atoms with E-state index in [0.29, 0.717) is 17.9 Å². The van der Waals surface area contributed by atoms with Gasteiger partial charge in [-0.1, -0.05) is 18.2 Å². The number of anilines is 1. The van der Waals surface area contributed by atoms with Crippen molar-refractivity contribution in [3.8, 4) is 0 Å². The van der Waals surface area contributed by atoms with E-state index < -0.39 is 0 Å². The zero-order valence-corrected chi connectivity index (χ0v) is 10.5. The number of amides is 1. The standard InChI is InChI=1S/C13H16N4O/c1-16(9-10-5-3-4-6-11(10)14)13(18)12-7-8-17(2)15-12/h3-8H,9,14H2,1-2H3. The van der Waals surface area contributed by atoms with Crippen molar-refractivity contribution in [3.63, 3.8) is 0 Å². The molecule has 1 aromatic heterocycles. The monoisotopic (exact) mass is 244 g/mol. The van der Waals surface area contributed by atoms with Crippen molar-refractivity contribution < 1.29 is 4.79 Å². The number of carbonyl (C=O) groups is 1. The first-order valence-electron chi connectivity index (χ1n) is 5.66. The number of nitrogen functional groups attached to an aromatic ring is 1. The second-order valence-electron chi connectivity index (χ2n) is 4.23. The van der Waals surface area contributed by atoms with Gasteiger partial charge in [0, 0.05) is 32.5 Å². The largest absolute Gasteiger partial charge is 0.398 e. The highest BCUT2D eigenvalue weighted by molar-refractivity contribution is 5.92. The predicted octanol–water partition coefficient (Wildman–Crippen LogP) is 1.27. The summed E-state index contributed by atoms with van der Waals surface area (Å²) in [5, 5.41) is 4.09. The Morgan fingerprint density at radius 3 is 2.72 bits per heavy atom. The molecular formula is C13H16N4O. The maximum absolute atomic E-state index is 12.1. The van der Waals surface area contributed by atoms with E-state index in [9.17, 15) is 4.79 Å². The van der Waals surface area contributed by atoms with Crippen LogP contribution in [0.2, 0.25) is 0 Å². The quantitative estimate of drug-likeness (QED) is 0.827. The van der Waals surface area contributed by atoms with Gasteiger partial charge in [0.15, 0.2) is 0 Å². The Morgan fingerprint density at radius 1 is 1.39 bits per heavy atom. The number of para-hydroxylation sites is 1. The van der Waals surface area contributed by atoms with Crippen LogP contribution in [-0.2, 0) is 13.6 Å². The normalized spacial score (nSPS) is 10.3. The van der Waals surface area contributed by atoms with Crippen molar-refractivity contribution in [2.45, 2.75) is 6.54 Å². The van der Waals surface area contributed by atoms with Gasteiger partial charge in [0.25, 0.3) is 5.91 Å². The molecule has 1 heterocycles. The summed E-state index contributed by atoms with van der Waals surface area (Å²) in [5.41, 5.74) is 7.92. The van der Waals surface area contributed by atoms with Gasteiger partial charge in [0.2, 0.25) is 0 Å². The number of aromatic nitrogens is 2. The molecule has 2 aromatic rings. The molecule has 0 unspecified atom stereocenters. The molecule has 2 N–H and O–H groups in total. The number of aryl methyl sites for hydroxylation is 1. The Bertz CT molecular complexity index is 562. The van der Waals surface area contributed by atoms with Crippen LogP contribution in [0.3, 0.4) is 0 Å². The summed E-state index contributed by atoms with van der Waals surface area (Å²) in [7, 11) is 3.52. The van der Waals surface area contributed by atoms with Gasteiger partial charge in [-0.05, 0) is 17.7 Å². The number of hydrogen-bond donors (Lipinski definition) is 1. The fourth-order valence-electron chi connectivity index (χ4n) is 1.73. The molecule has 1 amide bonds. The van der Waals surface area contributed by atoms with E-state index in [1.165, 1.54) is 0 Å². The van der Waals surface area contributed by atoms with E-state index >= 15 is 0 Å². The summed E-state index contributed by atoms with van der Waals surface area (Å²) in [4.78, 5) is 13.7. The Kier molecular flexibility index (Phi) is 3.32. The summed E-state index contributed by atoms with van der Waals surface area (Å²) in [6.45, 7) is 0.474. The van der Waals surface area contributed by atoms with Gasteiger partial charge in [0.05, 0.1) is 0 Å². The van der Waals surface area contributed by atoms with Crippen LogP contribution in [-0.4, -0.2) is 27.6 Å². The van der Waals surface area contributed by atoms with Gasteiger partial charge in [-0.15, -0.1) is 0 Å². The Hall–Kier alpha value is -2.30. The molecule has 94 valence electrons. The van der Waals surface area contributed by atoms with Crippen LogP contribution in [0.25, 0.3) is 0 Å². The molecular weight excluding hydrogens is 228 g/mol. The van der Waals surface area contributed by atoms with Crippen molar-refractivity contribution in [2.75, 3.05) is 12.8 Å². The number of nitrogens with two attached hydrogens (primary N) is 1. The second-order valence-corrected chi connectivity index (χ2v) is 4.23. The van der Waals surface area contributed by atoms with Crippen molar-refractivity contribution in [3.05, 3.63) is 47.8 Å². The molecule has 0 aliphatic rings. The van der Waals surface area contributed by atoms with Crippen LogP contribution >= 0.6 is 0 Å². The minimum Gasteiger partial charge on any atom is -0.398 e. The van der Waals surface area contributed by atoms with Crippen molar-refractivity contribution in [1.82, 2.24) is 14.7 Å². The van der Waals surface area contributed by atoms with E-state index in [0.717, 1.165) is 5.56 Å². The van der Waals surface area contributed by atoms with Gasteiger partial charge < -0.3 is 10.6 Å². The first-order chi connectivity index (χ1) is 8.58. The van der Waals surface area contributed by atoms with Crippen molar-refractivity contribution in [2.24, 2.45) is 7.05 Å². The zero-order chi connectivity index (χ0) is 13.1. The SMILES string of the molecule is CN(Cc1ccccc1N)C(=O)c1ccn(C)n1. The topological polar surface area (TPSA) is 64.2 Å². The summed E-state index contributed by atoms with van der Waals surface area (Å²) in [5.74, 6) is -0.112. The fraction of sp³-hybridized carbons (Fsp3) is 0.231. The molecule has 0 radical (unpaired) electrons. The van der Waals surface area contributed by atoms with Crippen LogP contribution in [0.15, 0.2) is 36.5 Å². The molecule has 5 nitrogen and oxygen atoms in total. The minimum absolute atomic E-state index is 0.112. The third-order valence-electron chi connectivity index (χ3n) is 2.74. The average Bonchev–Trinajstić information content (AvgIpc) is 2.78. The number of hydrogen-bond acceptors (Lipinski definition) is 3. The number of carbonyl (C=O) groups excluding carboxylic acids is 1. The van der Waals surface area contributed by atoms with Crippen LogP contribution in [0.5, 0.6) is 0 Å². The van der Waals surface area contributed by atoms with Crippen molar-refractivity contribution >= 4 is 11.6 Å². The van der Waals surface area contributed by atoms with Gasteiger partial charge >= 0.3 is 0 Å². The first-order valence-corrected chi connectivity index (χ1v) is 5.66. The smallest absolute Gasteiger partial charge is 0.274 e. The van der Waals surface area contributed by atoms with E-state index in [4.69, 9.17) is 5.73 Å². The minimum atomic E-state index is -0.112. The Morgan fingerprint density at radius 2 is 2.11 bits per heavy atom. The maximum atomic E-state index is 12.1. The highest BCUT2D eigenvalue weighted by atomic mass is 16.2. The van der Waals surface area contributed by atoms with Crippen LogP contribution in [0.4, 0.5) is 5.69 Å². The molecule has 0 bridgehead atoms. The molecule has 5 heteroatoms. The first kappa shape index (κ1) is 12.2. The summed E-state index contributed by atoms with van der Waals surface area (Å²) in [6.07, 6.45) is 1.75. The lowest BCUT2D eigenvalue weighted by Crippen LogP contribution is -2.27. The molecule has 2 rings (SSSR count). The molecule has 0 saturated heterocycles. The van der Waals surface area contributed by atoms with E-state index in [1.54, 1.807) is 35.9 Å². The van der Waals surface area contributed by atoms with E-state index in [1.807, 2.05) is 24.3 Å². The van der Waals surface area contributed by atoms with Gasteiger partial charge in [0.1, 0.15) is 5.69 Å². The highest BCUT2D eigenvalue weighted by Crippen LogP contribution is 2.13. The molecule has 18 heavy (non-hydrogen) atoms. The maximum Gasteiger partial charge on any atom is 0.274 e. The lowest BCUT2D eigenvalue weighted by Gasteiger charge is -2.17. The Balaban J connectivity index is 2.11. The van der Waals surface area contributed by atoms with Gasteiger partial charge in [-0.25, -0.2) is 0 Å². The highest BCUT2D eigenvalue weighted by Gasteiger charge is 2.15. The lowest BCUT2D eigenvalue weighted by atomic mass is 10.1. The zero-order valence-electron chi connectivity index (χ0n) is 10.5. The third kappa shape index (κ3) is 2.51. The average molecular weight is 244 g/mol. The Labute approximate surface area is 106 Å². The van der Waals surface area contributed by atoms with Crippen LogP contribution in [0.1, 0.15) is 16.1 Å². The molecule has 0 fully saturated rings. The number of rotatable bonds is 3. The number of nitrogens with zero attached hydrogens (tertiary/aromatic N) is 3. The molecule has 0 aliphatic heterocycles. The number of benzene rings is 1. The summed E-state index contributed by atoms with van der Waals surface area (Å²) < 4.78 is 1.61. The molecule has 0 aliphatic carbocycles. The van der Waals surface area contributed by atoms with Gasteiger partial charge in [-0.2, -0.15) is 5.10 Å².